The second-order valence-corrected chi connectivity index (χ2v) is 6.02. The summed E-state index contributed by atoms with van der Waals surface area (Å²) in [5, 5.41) is 0. The van der Waals surface area contributed by atoms with E-state index in [-0.39, 0.29) is 31.1 Å². The molecule has 1 aromatic carbocycles. The molecule has 21 heavy (non-hydrogen) atoms. The second-order valence-electron chi connectivity index (χ2n) is 6.02. The number of hydrogen-bond acceptors (Lipinski definition) is 3. The van der Waals surface area contributed by atoms with Gasteiger partial charge < -0.3 is 4.74 Å². The van der Waals surface area contributed by atoms with Crippen molar-refractivity contribution in [3.05, 3.63) is 35.9 Å². The number of piperidine rings is 1. The number of ketones is 1. The third kappa shape index (κ3) is 3.26. The highest BCUT2D eigenvalue weighted by atomic mass is 16.6. The maximum Gasteiger partial charge on any atom is 0.410 e. The molecule has 1 aliphatic carbocycles. The molecule has 4 heteroatoms. The summed E-state index contributed by atoms with van der Waals surface area (Å²) in [5.74, 6) is 0.499. The van der Waals surface area contributed by atoms with Gasteiger partial charge in [-0.15, -0.1) is 0 Å². The number of fused-ring (bicyclic) bond motifs is 1. The number of hydrogen-bond donors (Lipinski definition) is 0. The predicted molar refractivity (Wildman–Crippen MR) is 78.7 cm³/mol. The number of carbonyl (C=O) groups is 2. The monoisotopic (exact) mass is 287 g/mol. The van der Waals surface area contributed by atoms with Crippen LogP contribution in [0.4, 0.5) is 4.79 Å². The smallest absolute Gasteiger partial charge is 0.410 e. The van der Waals surface area contributed by atoms with Gasteiger partial charge in [-0.1, -0.05) is 43.2 Å². The van der Waals surface area contributed by atoms with Gasteiger partial charge in [0.05, 0.1) is 6.54 Å². The quantitative estimate of drug-likeness (QED) is 0.839. The molecule has 1 aliphatic heterocycles. The minimum absolute atomic E-state index is 0.162. The van der Waals surface area contributed by atoms with Gasteiger partial charge in [0.15, 0.2) is 5.78 Å². The lowest BCUT2D eigenvalue weighted by Crippen LogP contribution is -2.53. The van der Waals surface area contributed by atoms with Crippen molar-refractivity contribution in [3.8, 4) is 0 Å². The fraction of sp³-hybridized carbons (Fsp3) is 0.529. The molecule has 2 fully saturated rings. The molecule has 1 saturated carbocycles. The van der Waals surface area contributed by atoms with Crippen molar-refractivity contribution >= 4 is 11.9 Å². The summed E-state index contributed by atoms with van der Waals surface area (Å²) < 4.78 is 5.40. The average molecular weight is 287 g/mol. The van der Waals surface area contributed by atoms with Gasteiger partial charge in [-0.2, -0.15) is 0 Å². The Balaban J connectivity index is 1.63. The first-order chi connectivity index (χ1) is 10.2. The van der Waals surface area contributed by atoms with Gasteiger partial charge in [0.25, 0.3) is 0 Å². The molecule has 0 spiro atoms. The van der Waals surface area contributed by atoms with Crippen LogP contribution in [-0.2, 0) is 16.1 Å². The van der Waals surface area contributed by atoms with E-state index in [0.717, 1.165) is 24.8 Å². The van der Waals surface area contributed by atoms with Crippen LogP contribution in [0.3, 0.4) is 0 Å². The summed E-state index contributed by atoms with van der Waals surface area (Å²) in [6.45, 7) is 0.483. The summed E-state index contributed by atoms with van der Waals surface area (Å²) in [6.07, 6.45) is 4.65. The van der Waals surface area contributed by atoms with E-state index in [1.807, 2.05) is 30.3 Å². The Labute approximate surface area is 125 Å². The molecule has 2 aliphatic rings. The van der Waals surface area contributed by atoms with Crippen LogP contribution in [0.15, 0.2) is 30.3 Å². The van der Waals surface area contributed by atoms with E-state index in [1.54, 1.807) is 4.90 Å². The predicted octanol–water partition coefficient (Wildman–Crippen LogP) is 3.16. The molecule has 1 aromatic rings. The van der Waals surface area contributed by atoms with Crippen molar-refractivity contribution in [1.29, 1.82) is 0 Å². The van der Waals surface area contributed by atoms with Crippen LogP contribution in [-0.4, -0.2) is 29.4 Å². The third-order valence-electron chi connectivity index (χ3n) is 4.55. The van der Waals surface area contributed by atoms with Crippen LogP contribution < -0.4 is 0 Å². The topological polar surface area (TPSA) is 46.6 Å². The number of Topliss-reactive ketones (excluding diaryl/α,β-unsaturated/α-hetero) is 1. The van der Waals surface area contributed by atoms with E-state index in [1.165, 1.54) is 6.42 Å². The zero-order valence-corrected chi connectivity index (χ0v) is 12.2. The first-order valence-corrected chi connectivity index (χ1v) is 7.73. The van der Waals surface area contributed by atoms with E-state index in [0.29, 0.717) is 12.3 Å². The number of nitrogens with zero attached hydrogens (tertiary/aromatic N) is 1. The van der Waals surface area contributed by atoms with Crippen LogP contribution in [0.2, 0.25) is 0 Å². The number of rotatable bonds is 2. The molecular formula is C17H21NO3. The molecule has 0 bridgehead atoms. The molecular weight excluding hydrogens is 266 g/mol. The standard InChI is InChI=1S/C17H21NO3/c19-15-10-14-8-4-5-9-16(14)18(11-15)17(20)21-12-13-6-2-1-3-7-13/h1-3,6-7,14,16H,4-5,8-12H2. The van der Waals surface area contributed by atoms with E-state index in [9.17, 15) is 9.59 Å². The van der Waals surface area contributed by atoms with Crippen molar-refractivity contribution < 1.29 is 14.3 Å². The van der Waals surface area contributed by atoms with Crippen molar-refractivity contribution in [1.82, 2.24) is 4.90 Å². The van der Waals surface area contributed by atoms with Crippen LogP contribution in [0.1, 0.15) is 37.7 Å². The maximum atomic E-state index is 12.3. The average Bonchev–Trinajstić information content (AvgIpc) is 2.52. The largest absolute Gasteiger partial charge is 0.445 e. The van der Waals surface area contributed by atoms with Gasteiger partial charge in [-0.25, -0.2) is 4.79 Å². The van der Waals surface area contributed by atoms with Crippen LogP contribution >= 0.6 is 0 Å². The molecule has 2 atom stereocenters. The summed E-state index contributed by atoms with van der Waals surface area (Å²) in [4.78, 5) is 25.8. The Morgan fingerprint density at radius 3 is 2.76 bits per heavy atom. The Bertz CT molecular complexity index is 514. The van der Waals surface area contributed by atoms with Crippen LogP contribution in [0.5, 0.6) is 0 Å². The lowest BCUT2D eigenvalue weighted by molar-refractivity contribution is -0.126. The number of benzene rings is 1. The lowest BCUT2D eigenvalue weighted by Gasteiger charge is -2.42. The molecule has 112 valence electrons. The van der Waals surface area contributed by atoms with E-state index in [4.69, 9.17) is 4.74 Å². The maximum absolute atomic E-state index is 12.3. The fourth-order valence-electron chi connectivity index (χ4n) is 3.50. The van der Waals surface area contributed by atoms with Gasteiger partial charge in [0.1, 0.15) is 6.61 Å². The van der Waals surface area contributed by atoms with E-state index < -0.39 is 0 Å². The zero-order valence-electron chi connectivity index (χ0n) is 12.2. The summed E-state index contributed by atoms with van der Waals surface area (Å²) in [6, 6.07) is 9.83. The van der Waals surface area contributed by atoms with E-state index in [2.05, 4.69) is 0 Å². The van der Waals surface area contributed by atoms with Crippen LogP contribution in [0.25, 0.3) is 0 Å². The highest BCUT2D eigenvalue weighted by Crippen LogP contribution is 2.34. The minimum atomic E-state index is -0.344. The number of amides is 1. The molecule has 1 saturated heterocycles. The Morgan fingerprint density at radius 1 is 1.19 bits per heavy atom. The Morgan fingerprint density at radius 2 is 1.95 bits per heavy atom. The fourth-order valence-corrected chi connectivity index (χ4v) is 3.50. The molecule has 1 amide bonds. The molecule has 0 aromatic heterocycles. The second kappa shape index (κ2) is 6.29. The van der Waals surface area contributed by atoms with Crippen molar-refractivity contribution in [2.75, 3.05) is 6.54 Å². The third-order valence-corrected chi connectivity index (χ3v) is 4.55. The van der Waals surface area contributed by atoms with Gasteiger partial charge >= 0.3 is 6.09 Å². The van der Waals surface area contributed by atoms with Gasteiger partial charge in [-0.3, -0.25) is 9.69 Å². The Hall–Kier alpha value is -1.84. The molecule has 0 N–H and O–H groups in total. The van der Waals surface area contributed by atoms with Gasteiger partial charge in [0, 0.05) is 12.5 Å². The van der Waals surface area contributed by atoms with Gasteiger partial charge in [0.2, 0.25) is 0 Å². The Kier molecular flexibility index (Phi) is 4.23. The summed E-state index contributed by atoms with van der Waals surface area (Å²) in [5.41, 5.74) is 0.967. The lowest BCUT2D eigenvalue weighted by atomic mass is 9.78. The highest BCUT2D eigenvalue weighted by molar-refractivity contribution is 5.85. The molecule has 4 nitrogen and oxygen atoms in total. The van der Waals surface area contributed by atoms with Crippen molar-refractivity contribution in [3.63, 3.8) is 0 Å². The minimum Gasteiger partial charge on any atom is -0.445 e. The number of likely N-dealkylation sites (tertiary alicyclic amines) is 1. The van der Waals surface area contributed by atoms with Crippen LogP contribution in [0, 0.1) is 5.92 Å². The first kappa shape index (κ1) is 14.1. The zero-order chi connectivity index (χ0) is 14.7. The van der Waals surface area contributed by atoms with Gasteiger partial charge in [-0.05, 0) is 24.3 Å². The number of carbonyl (C=O) groups excluding carboxylic acids is 2. The van der Waals surface area contributed by atoms with Crippen molar-refractivity contribution in [2.45, 2.75) is 44.8 Å². The first-order valence-electron chi connectivity index (χ1n) is 7.73. The summed E-state index contributed by atoms with van der Waals surface area (Å²) in [7, 11) is 0. The SMILES string of the molecule is O=C1CC2CCCCC2N(C(=O)OCc2ccccc2)C1. The molecule has 0 radical (unpaired) electrons. The molecule has 3 rings (SSSR count). The number of ether oxygens (including phenoxy) is 1. The summed E-state index contributed by atoms with van der Waals surface area (Å²) >= 11 is 0. The van der Waals surface area contributed by atoms with Crippen molar-refractivity contribution in [2.24, 2.45) is 5.92 Å². The normalized spacial score (nSPS) is 25.3. The highest BCUT2D eigenvalue weighted by Gasteiger charge is 2.39. The molecule has 2 unspecified atom stereocenters. The molecule has 1 heterocycles. The van der Waals surface area contributed by atoms with E-state index >= 15 is 0 Å².